The number of hydrogen-bond donors (Lipinski definition) is 2. The van der Waals surface area contributed by atoms with Gasteiger partial charge in [0.25, 0.3) is 0 Å². The molecule has 1 aromatic carbocycles. The second-order valence-corrected chi connectivity index (χ2v) is 5.13. The summed E-state index contributed by atoms with van der Waals surface area (Å²) in [5, 5.41) is 16.3. The maximum absolute atomic E-state index is 10.5. The molecule has 0 spiro atoms. The summed E-state index contributed by atoms with van der Waals surface area (Å²) in [6.07, 6.45) is 2.14. The molecule has 0 fully saturated rings. The van der Waals surface area contributed by atoms with Crippen LogP contribution in [0.5, 0.6) is 0 Å². The molecule has 0 saturated carbocycles. The first-order valence-corrected chi connectivity index (χ1v) is 7.00. The molecular formula is C15H23N3O. The number of aryl methyl sites for hydroxylation is 1. The Balaban J connectivity index is 2.40. The van der Waals surface area contributed by atoms with Crippen LogP contribution in [0.1, 0.15) is 32.4 Å². The number of aliphatic hydroxyl groups is 1. The summed E-state index contributed by atoms with van der Waals surface area (Å²) in [6.45, 7) is 5.23. The SMILES string of the molecule is CCCC(O)(CN)Cc1nn(CC)c2ccccc12. The number of aromatic nitrogens is 2. The summed E-state index contributed by atoms with van der Waals surface area (Å²) >= 11 is 0. The van der Waals surface area contributed by atoms with Crippen molar-refractivity contribution in [2.75, 3.05) is 6.54 Å². The topological polar surface area (TPSA) is 64.1 Å². The van der Waals surface area contributed by atoms with Crippen LogP contribution in [0.15, 0.2) is 24.3 Å². The quantitative estimate of drug-likeness (QED) is 0.837. The first kappa shape index (κ1) is 14.0. The summed E-state index contributed by atoms with van der Waals surface area (Å²) in [5.41, 5.74) is 6.96. The van der Waals surface area contributed by atoms with E-state index >= 15 is 0 Å². The zero-order chi connectivity index (χ0) is 13.9. The van der Waals surface area contributed by atoms with E-state index in [-0.39, 0.29) is 6.54 Å². The number of nitrogens with zero attached hydrogens (tertiary/aromatic N) is 2. The molecule has 19 heavy (non-hydrogen) atoms. The molecule has 4 heteroatoms. The van der Waals surface area contributed by atoms with Gasteiger partial charge in [0, 0.05) is 24.9 Å². The number of benzene rings is 1. The molecule has 0 aliphatic rings. The Kier molecular flexibility index (Phi) is 4.22. The van der Waals surface area contributed by atoms with Gasteiger partial charge in [-0.3, -0.25) is 4.68 Å². The predicted molar refractivity (Wildman–Crippen MR) is 78.0 cm³/mol. The van der Waals surface area contributed by atoms with Gasteiger partial charge in [-0.2, -0.15) is 5.10 Å². The van der Waals surface area contributed by atoms with E-state index in [9.17, 15) is 5.11 Å². The number of hydrogen-bond acceptors (Lipinski definition) is 3. The van der Waals surface area contributed by atoms with Crippen LogP contribution in [0.3, 0.4) is 0 Å². The summed E-state index contributed by atoms with van der Waals surface area (Å²) < 4.78 is 1.98. The number of fused-ring (bicyclic) bond motifs is 1. The van der Waals surface area contributed by atoms with Gasteiger partial charge >= 0.3 is 0 Å². The van der Waals surface area contributed by atoms with Crippen molar-refractivity contribution < 1.29 is 5.11 Å². The van der Waals surface area contributed by atoms with E-state index in [0.717, 1.165) is 29.6 Å². The number of rotatable bonds is 6. The van der Waals surface area contributed by atoms with Gasteiger partial charge in [-0.1, -0.05) is 31.5 Å². The van der Waals surface area contributed by atoms with Crippen LogP contribution >= 0.6 is 0 Å². The minimum atomic E-state index is -0.843. The summed E-state index contributed by atoms with van der Waals surface area (Å²) in [7, 11) is 0. The van der Waals surface area contributed by atoms with Gasteiger partial charge in [-0.05, 0) is 19.4 Å². The summed E-state index contributed by atoms with van der Waals surface area (Å²) in [5.74, 6) is 0. The lowest BCUT2D eigenvalue weighted by Gasteiger charge is -2.25. The lowest BCUT2D eigenvalue weighted by atomic mass is 9.91. The van der Waals surface area contributed by atoms with Crippen molar-refractivity contribution in [2.24, 2.45) is 5.73 Å². The Labute approximate surface area is 114 Å². The Bertz CT molecular complexity index is 549. The minimum Gasteiger partial charge on any atom is -0.388 e. The third kappa shape index (κ3) is 2.80. The molecule has 104 valence electrons. The first-order chi connectivity index (χ1) is 9.13. The van der Waals surface area contributed by atoms with E-state index in [1.54, 1.807) is 0 Å². The fraction of sp³-hybridized carbons (Fsp3) is 0.533. The van der Waals surface area contributed by atoms with Gasteiger partial charge in [0.05, 0.1) is 16.8 Å². The van der Waals surface area contributed by atoms with E-state index in [4.69, 9.17) is 5.73 Å². The highest BCUT2D eigenvalue weighted by molar-refractivity contribution is 5.82. The van der Waals surface area contributed by atoms with Crippen LogP contribution in [0.2, 0.25) is 0 Å². The van der Waals surface area contributed by atoms with Gasteiger partial charge in [0.2, 0.25) is 0 Å². The van der Waals surface area contributed by atoms with Crippen molar-refractivity contribution in [2.45, 2.75) is 45.3 Å². The largest absolute Gasteiger partial charge is 0.388 e. The van der Waals surface area contributed by atoms with Crippen molar-refractivity contribution >= 4 is 10.9 Å². The molecule has 0 aliphatic heterocycles. The standard InChI is InChI=1S/C15H23N3O/c1-3-9-15(19,11-16)10-13-12-7-5-6-8-14(12)18(4-2)17-13/h5-8,19H,3-4,9-11,16H2,1-2H3. The highest BCUT2D eigenvalue weighted by Gasteiger charge is 2.27. The van der Waals surface area contributed by atoms with Crippen LogP contribution in [0.4, 0.5) is 0 Å². The lowest BCUT2D eigenvalue weighted by molar-refractivity contribution is 0.0391. The molecule has 1 unspecified atom stereocenters. The van der Waals surface area contributed by atoms with Crippen molar-refractivity contribution in [1.29, 1.82) is 0 Å². The van der Waals surface area contributed by atoms with E-state index in [1.807, 2.05) is 16.8 Å². The zero-order valence-electron chi connectivity index (χ0n) is 11.8. The van der Waals surface area contributed by atoms with Gasteiger partial charge in [0.15, 0.2) is 0 Å². The van der Waals surface area contributed by atoms with Crippen LogP contribution in [-0.4, -0.2) is 27.0 Å². The van der Waals surface area contributed by atoms with Crippen molar-refractivity contribution in [3.8, 4) is 0 Å². The second kappa shape index (κ2) is 5.72. The molecule has 3 N–H and O–H groups in total. The highest BCUT2D eigenvalue weighted by atomic mass is 16.3. The van der Waals surface area contributed by atoms with Gasteiger partial charge in [-0.15, -0.1) is 0 Å². The highest BCUT2D eigenvalue weighted by Crippen LogP contribution is 2.24. The van der Waals surface area contributed by atoms with Crippen LogP contribution < -0.4 is 5.73 Å². The smallest absolute Gasteiger partial charge is 0.0825 e. The summed E-state index contributed by atoms with van der Waals surface area (Å²) in [4.78, 5) is 0. The molecule has 1 heterocycles. The van der Waals surface area contributed by atoms with E-state index in [2.05, 4.69) is 31.1 Å². The Morgan fingerprint density at radius 1 is 1.32 bits per heavy atom. The molecule has 1 atom stereocenters. The summed E-state index contributed by atoms with van der Waals surface area (Å²) in [6, 6.07) is 8.15. The minimum absolute atomic E-state index is 0.272. The van der Waals surface area contributed by atoms with Gasteiger partial charge in [-0.25, -0.2) is 0 Å². The zero-order valence-corrected chi connectivity index (χ0v) is 11.8. The molecule has 4 nitrogen and oxygen atoms in total. The van der Waals surface area contributed by atoms with E-state index in [1.165, 1.54) is 0 Å². The average Bonchev–Trinajstić information content (AvgIpc) is 2.77. The maximum Gasteiger partial charge on any atom is 0.0825 e. The maximum atomic E-state index is 10.5. The van der Waals surface area contributed by atoms with Gasteiger partial charge < -0.3 is 10.8 Å². The third-order valence-electron chi connectivity index (χ3n) is 3.63. The van der Waals surface area contributed by atoms with Crippen molar-refractivity contribution in [3.63, 3.8) is 0 Å². The lowest BCUT2D eigenvalue weighted by Crippen LogP contribution is -2.40. The van der Waals surface area contributed by atoms with Gasteiger partial charge in [0.1, 0.15) is 0 Å². The molecule has 0 aliphatic carbocycles. The van der Waals surface area contributed by atoms with E-state index in [0.29, 0.717) is 12.8 Å². The fourth-order valence-electron chi connectivity index (χ4n) is 2.61. The molecule has 0 saturated heterocycles. The molecule has 0 amide bonds. The molecule has 2 aromatic rings. The normalized spacial score (nSPS) is 14.7. The average molecular weight is 261 g/mol. The van der Waals surface area contributed by atoms with Crippen molar-refractivity contribution in [1.82, 2.24) is 9.78 Å². The molecule has 1 aromatic heterocycles. The van der Waals surface area contributed by atoms with Crippen LogP contribution in [0.25, 0.3) is 10.9 Å². The fourth-order valence-corrected chi connectivity index (χ4v) is 2.61. The molecular weight excluding hydrogens is 238 g/mol. The monoisotopic (exact) mass is 261 g/mol. The molecule has 0 bridgehead atoms. The Morgan fingerprint density at radius 2 is 2.05 bits per heavy atom. The second-order valence-electron chi connectivity index (χ2n) is 5.13. The molecule has 2 rings (SSSR count). The Hall–Kier alpha value is -1.39. The third-order valence-corrected chi connectivity index (χ3v) is 3.63. The first-order valence-electron chi connectivity index (χ1n) is 7.00. The van der Waals surface area contributed by atoms with E-state index < -0.39 is 5.60 Å². The number of para-hydroxylation sites is 1. The van der Waals surface area contributed by atoms with Crippen LogP contribution in [-0.2, 0) is 13.0 Å². The number of nitrogens with two attached hydrogens (primary N) is 1. The van der Waals surface area contributed by atoms with Crippen LogP contribution in [0, 0.1) is 0 Å². The molecule has 0 radical (unpaired) electrons. The van der Waals surface area contributed by atoms with Crippen molar-refractivity contribution in [3.05, 3.63) is 30.0 Å². The Morgan fingerprint density at radius 3 is 2.68 bits per heavy atom. The predicted octanol–water partition coefficient (Wildman–Crippen LogP) is 2.09.